The summed E-state index contributed by atoms with van der Waals surface area (Å²) in [5.41, 5.74) is 0.898. The maximum absolute atomic E-state index is 13.5. The third-order valence-electron chi connectivity index (χ3n) is 3.44. The highest BCUT2D eigenvalue weighted by atomic mass is 32.2. The van der Waals surface area contributed by atoms with Crippen LogP contribution in [0.3, 0.4) is 0 Å². The van der Waals surface area contributed by atoms with E-state index in [0.29, 0.717) is 12.0 Å². The first-order chi connectivity index (χ1) is 8.31. The zero-order valence-electron chi connectivity index (χ0n) is 10.3. The van der Waals surface area contributed by atoms with E-state index in [2.05, 4.69) is 11.6 Å². The Hall–Kier alpha value is -0.540. The molecule has 1 N–H and O–H groups in total. The summed E-state index contributed by atoms with van der Waals surface area (Å²) in [6.45, 7) is 1.09. The zero-order valence-corrected chi connectivity index (χ0v) is 11.1. The molecule has 0 radical (unpaired) electrons. The van der Waals surface area contributed by atoms with Gasteiger partial charge in [-0.1, -0.05) is 18.2 Å². The Labute approximate surface area is 107 Å². The Balaban J connectivity index is 1.70. The van der Waals surface area contributed by atoms with Crippen molar-refractivity contribution in [3.63, 3.8) is 0 Å². The molecule has 94 valence electrons. The third kappa shape index (κ3) is 3.46. The number of nitrogens with one attached hydrogen (secondary N) is 1. The van der Waals surface area contributed by atoms with Gasteiger partial charge < -0.3 is 5.32 Å². The first-order valence-corrected chi connectivity index (χ1v) is 7.67. The van der Waals surface area contributed by atoms with Crippen molar-refractivity contribution in [3.05, 3.63) is 35.6 Å². The second-order valence-corrected chi connectivity index (χ2v) is 5.67. The smallest absolute Gasteiger partial charge is 0.126 e. The lowest BCUT2D eigenvalue weighted by molar-refractivity contribution is 0.286. The zero-order chi connectivity index (χ0) is 12.1. The molecule has 0 unspecified atom stereocenters. The molecule has 1 saturated carbocycles. The molecule has 0 aliphatic heterocycles. The Morgan fingerprint density at radius 3 is 2.82 bits per heavy atom. The molecule has 0 amide bonds. The Morgan fingerprint density at radius 2 is 2.12 bits per heavy atom. The summed E-state index contributed by atoms with van der Waals surface area (Å²) in [7, 11) is 0. The van der Waals surface area contributed by atoms with E-state index in [1.165, 1.54) is 12.2 Å². The predicted molar refractivity (Wildman–Crippen MR) is 73.2 cm³/mol. The van der Waals surface area contributed by atoms with Crippen LogP contribution in [0, 0.1) is 5.82 Å². The fourth-order valence-electron chi connectivity index (χ4n) is 2.37. The highest BCUT2D eigenvalue weighted by Crippen LogP contribution is 2.37. The molecule has 1 aliphatic carbocycles. The first kappa shape index (κ1) is 12.9. The van der Waals surface area contributed by atoms with Crippen molar-refractivity contribution in [2.45, 2.75) is 31.2 Å². The molecule has 1 nitrogen and oxygen atoms in total. The second kappa shape index (κ2) is 6.41. The lowest BCUT2D eigenvalue weighted by atomic mass is 9.75. The van der Waals surface area contributed by atoms with E-state index in [4.69, 9.17) is 0 Å². The largest absolute Gasteiger partial charge is 0.314 e. The SMILES string of the molecule is CSCCCNC1CC(c2ccccc2F)C1. The molecule has 2 rings (SSSR count). The number of hydrogen-bond acceptors (Lipinski definition) is 2. The molecule has 0 saturated heterocycles. The van der Waals surface area contributed by atoms with E-state index in [-0.39, 0.29) is 5.82 Å². The van der Waals surface area contributed by atoms with Crippen LogP contribution in [-0.2, 0) is 0 Å². The minimum Gasteiger partial charge on any atom is -0.314 e. The molecule has 0 aromatic heterocycles. The normalized spacial score (nSPS) is 23.4. The van der Waals surface area contributed by atoms with Gasteiger partial charge in [-0.15, -0.1) is 0 Å². The monoisotopic (exact) mass is 253 g/mol. The summed E-state index contributed by atoms with van der Waals surface area (Å²) in [5, 5.41) is 3.54. The molecule has 1 aromatic rings. The summed E-state index contributed by atoms with van der Waals surface area (Å²) in [5.74, 6) is 1.60. The highest BCUT2D eigenvalue weighted by molar-refractivity contribution is 7.98. The molecular weight excluding hydrogens is 233 g/mol. The van der Waals surface area contributed by atoms with Crippen molar-refractivity contribution in [1.29, 1.82) is 0 Å². The van der Waals surface area contributed by atoms with Crippen LogP contribution in [0.4, 0.5) is 4.39 Å². The first-order valence-electron chi connectivity index (χ1n) is 6.28. The van der Waals surface area contributed by atoms with Crippen LogP contribution in [0.1, 0.15) is 30.7 Å². The van der Waals surface area contributed by atoms with Gasteiger partial charge in [-0.05, 0) is 55.4 Å². The lowest BCUT2D eigenvalue weighted by Gasteiger charge is -2.36. The van der Waals surface area contributed by atoms with Crippen LogP contribution >= 0.6 is 11.8 Å². The molecule has 0 heterocycles. The van der Waals surface area contributed by atoms with Crippen molar-refractivity contribution in [2.75, 3.05) is 18.6 Å². The maximum atomic E-state index is 13.5. The maximum Gasteiger partial charge on any atom is 0.126 e. The van der Waals surface area contributed by atoms with E-state index in [1.54, 1.807) is 12.1 Å². The topological polar surface area (TPSA) is 12.0 Å². The minimum atomic E-state index is -0.0432. The van der Waals surface area contributed by atoms with Gasteiger partial charge in [-0.2, -0.15) is 11.8 Å². The summed E-state index contributed by atoms with van der Waals surface area (Å²) < 4.78 is 13.5. The summed E-state index contributed by atoms with van der Waals surface area (Å²) in [6.07, 6.45) is 5.53. The van der Waals surface area contributed by atoms with E-state index in [1.807, 2.05) is 23.9 Å². The van der Waals surface area contributed by atoms with Gasteiger partial charge in [-0.3, -0.25) is 0 Å². The molecule has 0 bridgehead atoms. The molecular formula is C14H20FNS. The average Bonchev–Trinajstić information content (AvgIpc) is 2.28. The minimum absolute atomic E-state index is 0.0432. The van der Waals surface area contributed by atoms with Gasteiger partial charge >= 0.3 is 0 Å². The van der Waals surface area contributed by atoms with Crippen molar-refractivity contribution in [3.8, 4) is 0 Å². The van der Waals surface area contributed by atoms with Gasteiger partial charge in [0.2, 0.25) is 0 Å². The van der Waals surface area contributed by atoms with Crippen LogP contribution in [0.15, 0.2) is 24.3 Å². The molecule has 0 atom stereocenters. The van der Waals surface area contributed by atoms with Gasteiger partial charge in [0.15, 0.2) is 0 Å². The Morgan fingerprint density at radius 1 is 1.35 bits per heavy atom. The van der Waals surface area contributed by atoms with E-state index >= 15 is 0 Å². The quantitative estimate of drug-likeness (QED) is 0.780. The predicted octanol–water partition coefficient (Wildman–Crippen LogP) is 3.41. The van der Waals surface area contributed by atoms with E-state index in [9.17, 15) is 4.39 Å². The van der Waals surface area contributed by atoms with E-state index < -0.39 is 0 Å². The standard InChI is InChI=1S/C14H20FNS/c1-17-8-4-7-16-12-9-11(10-12)13-5-2-3-6-14(13)15/h2-3,5-6,11-12,16H,4,7-10H2,1H3. The van der Waals surface area contributed by atoms with Crippen LogP contribution in [0.5, 0.6) is 0 Å². The van der Waals surface area contributed by atoms with Crippen LogP contribution < -0.4 is 5.32 Å². The average molecular weight is 253 g/mol. The molecule has 1 aliphatic rings. The van der Waals surface area contributed by atoms with Gasteiger partial charge in [0.1, 0.15) is 5.82 Å². The molecule has 1 fully saturated rings. The number of thioether (sulfide) groups is 1. The Kier molecular flexibility index (Phi) is 4.86. The molecule has 3 heteroatoms. The molecule has 0 spiro atoms. The number of hydrogen-bond donors (Lipinski definition) is 1. The molecule has 1 aromatic carbocycles. The van der Waals surface area contributed by atoms with Crippen molar-refractivity contribution >= 4 is 11.8 Å². The molecule has 17 heavy (non-hydrogen) atoms. The van der Waals surface area contributed by atoms with Crippen LogP contribution in [0.25, 0.3) is 0 Å². The van der Waals surface area contributed by atoms with Gasteiger partial charge in [0.25, 0.3) is 0 Å². The fourth-order valence-corrected chi connectivity index (χ4v) is 2.80. The Bertz CT molecular complexity index is 350. The van der Waals surface area contributed by atoms with Crippen molar-refractivity contribution in [2.24, 2.45) is 0 Å². The van der Waals surface area contributed by atoms with Crippen LogP contribution in [-0.4, -0.2) is 24.6 Å². The van der Waals surface area contributed by atoms with Gasteiger partial charge in [0, 0.05) is 6.04 Å². The number of halogens is 1. The van der Waals surface area contributed by atoms with Crippen molar-refractivity contribution < 1.29 is 4.39 Å². The van der Waals surface area contributed by atoms with E-state index in [0.717, 1.165) is 24.9 Å². The van der Waals surface area contributed by atoms with Gasteiger partial charge in [-0.25, -0.2) is 4.39 Å². The highest BCUT2D eigenvalue weighted by Gasteiger charge is 2.31. The third-order valence-corrected chi connectivity index (χ3v) is 4.14. The van der Waals surface area contributed by atoms with Crippen LogP contribution in [0.2, 0.25) is 0 Å². The fraction of sp³-hybridized carbons (Fsp3) is 0.571. The summed E-state index contributed by atoms with van der Waals surface area (Å²) in [6, 6.07) is 7.77. The lowest BCUT2D eigenvalue weighted by Crippen LogP contribution is -2.40. The summed E-state index contributed by atoms with van der Waals surface area (Å²) >= 11 is 1.89. The number of benzene rings is 1. The second-order valence-electron chi connectivity index (χ2n) is 4.69. The van der Waals surface area contributed by atoms with Gasteiger partial charge in [0.05, 0.1) is 0 Å². The van der Waals surface area contributed by atoms with Crippen molar-refractivity contribution in [1.82, 2.24) is 5.32 Å². The number of rotatable bonds is 6. The summed E-state index contributed by atoms with van der Waals surface area (Å²) in [4.78, 5) is 0.